The molecular weight excluding hydrogens is 440 g/mol. The van der Waals surface area contributed by atoms with E-state index in [1.807, 2.05) is 20.8 Å². The standard InChI is InChI=1S/C24H38N4O6/c1-6-14(4)20(24(33)34)28-23(32)19(12-16-7-9-17(29)10-8-16)27-22(31)18(11-13(2)3)26-21(30)15(5)25/h7-10,13-15,18-20,29H,6,11-12,25H2,1-5H3,(H,26,30)(H,27,31)(H,28,32)(H,33,34). The Balaban J connectivity index is 3.17. The average molecular weight is 479 g/mol. The van der Waals surface area contributed by atoms with Crippen molar-refractivity contribution in [3.63, 3.8) is 0 Å². The summed E-state index contributed by atoms with van der Waals surface area (Å²) in [5.41, 5.74) is 6.27. The van der Waals surface area contributed by atoms with Crippen LogP contribution in [0, 0.1) is 11.8 Å². The number of hydrogen-bond donors (Lipinski definition) is 6. The zero-order chi connectivity index (χ0) is 26.0. The van der Waals surface area contributed by atoms with Crippen LogP contribution in [0.3, 0.4) is 0 Å². The number of hydrogen-bond acceptors (Lipinski definition) is 6. The number of nitrogens with two attached hydrogens (primary N) is 1. The molecule has 0 fully saturated rings. The molecule has 0 spiro atoms. The van der Waals surface area contributed by atoms with Gasteiger partial charge >= 0.3 is 5.97 Å². The van der Waals surface area contributed by atoms with Gasteiger partial charge in [-0.15, -0.1) is 0 Å². The molecule has 3 amide bonds. The minimum Gasteiger partial charge on any atom is -0.508 e. The maximum atomic E-state index is 13.1. The highest BCUT2D eigenvalue weighted by Crippen LogP contribution is 2.14. The predicted octanol–water partition coefficient (Wildman–Crippen LogP) is 0.913. The number of nitrogens with one attached hydrogen (secondary N) is 3. The molecule has 0 saturated heterocycles. The van der Waals surface area contributed by atoms with Crippen molar-refractivity contribution >= 4 is 23.7 Å². The fourth-order valence-corrected chi connectivity index (χ4v) is 3.29. The molecule has 0 bridgehead atoms. The second kappa shape index (κ2) is 13.5. The number of phenolic OH excluding ortho intramolecular Hbond substituents is 1. The van der Waals surface area contributed by atoms with Crippen molar-refractivity contribution in [3.8, 4) is 5.75 Å². The molecule has 5 atom stereocenters. The lowest BCUT2D eigenvalue weighted by molar-refractivity contribution is -0.143. The summed E-state index contributed by atoms with van der Waals surface area (Å²) < 4.78 is 0. The Labute approximate surface area is 200 Å². The zero-order valence-corrected chi connectivity index (χ0v) is 20.5. The van der Waals surface area contributed by atoms with Gasteiger partial charge in [0.25, 0.3) is 0 Å². The summed E-state index contributed by atoms with van der Waals surface area (Å²) in [4.78, 5) is 50.0. The maximum Gasteiger partial charge on any atom is 0.326 e. The van der Waals surface area contributed by atoms with Crippen LogP contribution in [0.5, 0.6) is 5.75 Å². The number of aromatic hydroxyl groups is 1. The number of carbonyl (C=O) groups is 4. The van der Waals surface area contributed by atoms with Crippen LogP contribution in [0.4, 0.5) is 0 Å². The Hall–Kier alpha value is -3.14. The van der Waals surface area contributed by atoms with Gasteiger partial charge in [0, 0.05) is 6.42 Å². The van der Waals surface area contributed by atoms with Gasteiger partial charge in [-0.05, 0) is 42.9 Å². The van der Waals surface area contributed by atoms with E-state index in [0.29, 0.717) is 18.4 Å². The third kappa shape index (κ3) is 9.38. The van der Waals surface area contributed by atoms with Gasteiger partial charge in [0.05, 0.1) is 6.04 Å². The predicted molar refractivity (Wildman–Crippen MR) is 128 cm³/mol. The van der Waals surface area contributed by atoms with Crippen LogP contribution in [0.2, 0.25) is 0 Å². The van der Waals surface area contributed by atoms with Crippen LogP contribution in [0.15, 0.2) is 24.3 Å². The summed E-state index contributed by atoms with van der Waals surface area (Å²) in [5, 5.41) is 26.9. The van der Waals surface area contributed by atoms with E-state index in [1.54, 1.807) is 19.1 Å². The Kier molecular flexibility index (Phi) is 11.5. The number of rotatable bonds is 13. The van der Waals surface area contributed by atoms with Gasteiger partial charge in [0.2, 0.25) is 17.7 Å². The minimum absolute atomic E-state index is 0.0483. The van der Waals surface area contributed by atoms with E-state index in [9.17, 15) is 29.4 Å². The lowest BCUT2D eigenvalue weighted by Crippen LogP contribution is -2.58. The number of carbonyl (C=O) groups excluding carboxylic acids is 3. The van der Waals surface area contributed by atoms with Gasteiger partial charge in [-0.2, -0.15) is 0 Å². The van der Waals surface area contributed by atoms with E-state index < -0.39 is 47.9 Å². The van der Waals surface area contributed by atoms with Crippen LogP contribution in [0.1, 0.15) is 53.0 Å². The second-order valence-corrected chi connectivity index (χ2v) is 9.12. The summed E-state index contributed by atoms with van der Waals surface area (Å²) >= 11 is 0. The Morgan fingerprint density at radius 3 is 1.88 bits per heavy atom. The van der Waals surface area contributed by atoms with E-state index >= 15 is 0 Å². The molecule has 5 unspecified atom stereocenters. The molecular formula is C24H38N4O6. The third-order valence-electron chi connectivity index (χ3n) is 5.54. The molecule has 0 aliphatic rings. The highest BCUT2D eigenvalue weighted by Gasteiger charge is 2.32. The van der Waals surface area contributed by atoms with Crippen molar-refractivity contribution < 1.29 is 29.4 Å². The highest BCUT2D eigenvalue weighted by molar-refractivity contribution is 5.94. The van der Waals surface area contributed by atoms with Gasteiger partial charge in [-0.25, -0.2) is 4.79 Å². The first-order chi connectivity index (χ1) is 15.8. The third-order valence-corrected chi connectivity index (χ3v) is 5.54. The molecule has 0 aliphatic carbocycles. The Morgan fingerprint density at radius 2 is 1.41 bits per heavy atom. The van der Waals surface area contributed by atoms with E-state index in [1.165, 1.54) is 19.1 Å². The number of aliphatic carboxylic acids is 1. The largest absolute Gasteiger partial charge is 0.508 e. The van der Waals surface area contributed by atoms with Crippen LogP contribution >= 0.6 is 0 Å². The lowest BCUT2D eigenvalue weighted by Gasteiger charge is -2.27. The number of amides is 3. The summed E-state index contributed by atoms with van der Waals surface area (Å²) in [6.07, 6.45) is 0.912. The van der Waals surface area contributed by atoms with Crippen molar-refractivity contribution in [2.75, 3.05) is 0 Å². The fraction of sp³-hybridized carbons (Fsp3) is 0.583. The van der Waals surface area contributed by atoms with Gasteiger partial charge in [0.15, 0.2) is 0 Å². The first-order valence-corrected chi connectivity index (χ1v) is 11.5. The number of benzene rings is 1. The van der Waals surface area contributed by atoms with Gasteiger partial charge in [-0.1, -0.05) is 46.2 Å². The molecule has 0 aliphatic heterocycles. The minimum atomic E-state index is -1.17. The number of phenols is 1. The Morgan fingerprint density at radius 1 is 0.882 bits per heavy atom. The lowest BCUT2D eigenvalue weighted by atomic mass is 9.97. The smallest absolute Gasteiger partial charge is 0.326 e. The number of carboxylic acid groups (broad SMARTS) is 1. The average Bonchev–Trinajstić information content (AvgIpc) is 2.76. The van der Waals surface area contributed by atoms with Gasteiger partial charge in [-0.3, -0.25) is 14.4 Å². The molecule has 7 N–H and O–H groups in total. The molecule has 0 radical (unpaired) electrons. The fourth-order valence-electron chi connectivity index (χ4n) is 3.29. The molecule has 0 saturated carbocycles. The summed E-state index contributed by atoms with van der Waals surface area (Å²) in [7, 11) is 0. The van der Waals surface area contributed by atoms with Crippen molar-refractivity contribution in [2.24, 2.45) is 17.6 Å². The van der Waals surface area contributed by atoms with Crippen molar-refractivity contribution in [1.82, 2.24) is 16.0 Å². The molecule has 0 heterocycles. The van der Waals surface area contributed by atoms with Crippen LogP contribution in [-0.2, 0) is 25.6 Å². The summed E-state index contributed by atoms with van der Waals surface area (Å²) in [6, 6.07) is 2.16. The van der Waals surface area contributed by atoms with Crippen LogP contribution in [-0.4, -0.2) is 58.1 Å². The second-order valence-electron chi connectivity index (χ2n) is 9.12. The van der Waals surface area contributed by atoms with E-state index in [0.717, 1.165) is 0 Å². The van der Waals surface area contributed by atoms with Crippen molar-refractivity contribution in [3.05, 3.63) is 29.8 Å². The molecule has 10 heteroatoms. The highest BCUT2D eigenvalue weighted by atomic mass is 16.4. The quantitative estimate of drug-likeness (QED) is 0.245. The first kappa shape index (κ1) is 28.9. The van der Waals surface area contributed by atoms with Gasteiger partial charge in [0.1, 0.15) is 23.9 Å². The summed E-state index contributed by atoms with van der Waals surface area (Å²) in [5.74, 6) is -3.11. The Bertz CT molecular complexity index is 840. The van der Waals surface area contributed by atoms with E-state index in [2.05, 4.69) is 16.0 Å². The van der Waals surface area contributed by atoms with Crippen molar-refractivity contribution in [1.29, 1.82) is 0 Å². The number of carboxylic acids is 1. The maximum absolute atomic E-state index is 13.1. The topological polar surface area (TPSA) is 171 Å². The SMILES string of the molecule is CCC(C)C(NC(=O)C(Cc1ccc(O)cc1)NC(=O)C(CC(C)C)NC(=O)C(C)N)C(=O)O. The van der Waals surface area contributed by atoms with Gasteiger partial charge < -0.3 is 31.9 Å². The monoisotopic (exact) mass is 478 g/mol. The zero-order valence-electron chi connectivity index (χ0n) is 20.5. The molecule has 190 valence electrons. The first-order valence-electron chi connectivity index (χ1n) is 11.5. The summed E-state index contributed by atoms with van der Waals surface area (Å²) in [6.45, 7) is 8.82. The van der Waals surface area contributed by atoms with E-state index in [4.69, 9.17) is 5.73 Å². The van der Waals surface area contributed by atoms with Crippen LogP contribution < -0.4 is 21.7 Å². The van der Waals surface area contributed by atoms with E-state index in [-0.39, 0.29) is 24.0 Å². The molecule has 1 aromatic rings. The normalized spacial score (nSPS) is 15.5. The van der Waals surface area contributed by atoms with Crippen molar-refractivity contribution in [2.45, 2.75) is 78.0 Å². The molecule has 0 aromatic heterocycles. The molecule has 10 nitrogen and oxygen atoms in total. The molecule has 34 heavy (non-hydrogen) atoms. The van der Waals surface area contributed by atoms with Crippen LogP contribution in [0.25, 0.3) is 0 Å². The molecule has 1 rings (SSSR count). The molecule has 1 aromatic carbocycles.